The van der Waals surface area contributed by atoms with Crippen molar-refractivity contribution in [2.45, 2.75) is 44.9 Å². The van der Waals surface area contributed by atoms with Gasteiger partial charge in [0.25, 0.3) is 0 Å². The number of nitrogens with zero attached hydrogens (tertiary/aromatic N) is 1. The highest BCUT2D eigenvalue weighted by molar-refractivity contribution is 7.89. The second-order valence-corrected chi connectivity index (χ2v) is 7.66. The number of ether oxygens (including phenoxy) is 2. The highest BCUT2D eigenvalue weighted by Gasteiger charge is 2.25. The summed E-state index contributed by atoms with van der Waals surface area (Å²) in [5.74, 6) is 0.394. The third kappa shape index (κ3) is 5.21. The van der Waals surface area contributed by atoms with Crippen LogP contribution in [0.1, 0.15) is 37.3 Å². The fourth-order valence-electron chi connectivity index (χ4n) is 2.55. The summed E-state index contributed by atoms with van der Waals surface area (Å²) < 4.78 is 37.0. The molecule has 0 aliphatic rings. The fourth-order valence-corrected chi connectivity index (χ4v) is 4.16. The molecular formula is C17H27NO5S. The lowest BCUT2D eigenvalue weighted by Crippen LogP contribution is -2.29. The van der Waals surface area contributed by atoms with E-state index in [1.807, 2.05) is 0 Å². The van der Waals surface area contributed by atoms with Gasteiger partial charge in [0.2, 0.25) is 10.0 Å². The second-order valence-electron chi connectivity index (χ2n) is 5.68. The molecule has 24 heavy (non-hydrogen) atoms. The molecule has 0 saturated heterocycles. The van der Waals surface area contributed by atoms with Gasteiger partial charge in [-0.2, -0.15) is 0 Å². The van der Waals surface area contributed by atoms with Crippen molar-refractivity contribution in [3.05, 3.63) is 23.3 Å². The van der Waals surface area contributed by atoms with Crippen LogP contribution in [-0.2, 0) is 19.6 Å². The van der Waals surface area contributed by atoms with Crippen LogP contribution in [0.3, 0.4) is 0 Å². The van der Waals surface area contributed by atoms with Crippen LogP contribution in [-0.4, -0.2) is 46.0 Å². The summed E-state index contributed by atoms with van der Waals surface area (Å²) >= 11 is 0. The Morgan fingerprint density at radius 2 is 1.75 bits per heavy atom. The molecule has 0 aromatic heterocycles. The van der Waals surface area contributed by atoms with Crippen LogP contribution in [0.25, 0.3) is 0 Å². The molecule has 0 heterocycles. The molecule has 7 heteroatoms. The van der Waals surface area contributed by atoms with Gasteiger partial charge in [0.15, 0.2) is 0 Å². The Labute approximate surface area is 144 Å². The molecule has 1 aromatic carbocycles. The maximum Gasteiger partial charge on any atom is 0.305 e. The molecule has 0 spiro atoms. The van der Waals surface area contributed by atoms with Crippen molar-refractivity contribution in [1.82, 2.24) is 4.31 Å². The number of hydrogen-bond donors (Lipinski definition) is 0. The van der Waals surface area contributed by atoms with E-state index in [4.69, 9.17) is 9.47 Å². The minimum absolute atomic E-state index is 0.246. The predicted molar refractivity (Wildman–Crippen MR) is 92.8 cm³/mol. The van der Waals surface area contributed by atoms with Crippen molar-refractivity contribution in [1.29, 1.82) is 0 Å². The van der Waals surface area contributed by atoms with E-state index in [1.54, 1.807) is 47.1 Å². The highest BCUT2D eigenvalue weighted by Crippen LogP contribution is 2.27. The van der Waals surface area contributed by atoms with E-state index in [9.17, 15) is 13.2 Å². The number of benzene rings is 1. The topological polar surface area (TPSA) is 72.9 Å². The average molecular weight is 357 g/mol. The van der Waals surface area contributed by atoms with E-state index in [1.165, 1.54) is 4.31 Å². The predicted octanol–water partition coefficient (Wildman–Crippen LogP) is 2.67. The largest absolute Gasteiger partial charge is 0.497 e. The number of methoxy groups -OCH3 is 1. The molecule has 0 radical (unpaired) electrons. The van der Waals surface area contributed by atoms with Crippen molar-refractivity contribution in [2.24, 2.45) is 0 Å². The molecule has 0 saturated carbocycles. The van der Waals surface area contributed by atoms with Crippen LogP contribution in [0, 0.1) is 13.8 Å². The van der Waals surface area contributed by atoms with Crippen LogP contribution in [0.2, 0.25) is 0 Å². The van der Waals surface area contributed by atoms with Crippen LogP contribution in [0.15, 0.2) is 17.0 Å². The molecule has 0 bridgehead atoms. The van der Waals surface area contributed by atoms with Gasteiger partial charge in [-0.1, -0.05) is 0 Å². The van der Waals surface area contributed by atoms with Crippen LogP contribution in [0.4, 0.5) is 0 Å². The van der Waals surface area contributed by atoms with E-state index in [0.717, 1.165) is 0 Å². The zero-order valence-electron chi connectivity index (χ0n) is 15.1. The summed E-state index contributed by atoms with van der Waals surface area (Å²) in [6, 6.07) is 3.43. The first-order chi connectivity index (χ1) is 11.2. The minimum atomic E-state index is -3.57. The van der Waals surface area contributed by atoms with Crippen LogP contribution in [0.5, 0.6) is 5.75 Å². The maximum atomic E-state index is 12.8. The van der Waals surface area contributed by atoms with Crippen molar-refractivity contribution in [2.75, 3.05) is 27.3 Å². The standard InChI is InChI=1S/C17H27NO5S/c1-6-23-16(19)9-7-8-10-18(4)24(20,21)17-13(2)11-15(22-5)12-14(17)3/h11-12H,6-10H2,1-5H3. The smallest absolute Gasteiger partial charge is 0.305 e. The Kier molecular flexibility index (Phi) is 7.69. The maximum absolute atomic E-state index is 12.8. The molecule has 0 atom stereocenters. The van der Waals surface area contributed by atoms with Gasteiger partial charge in [-0.05, 0) is 56.9 Å². The van der Waals surface area contributed by atoms with Gasteiger partial charge in [-0.25, -0.2) is 12.7 Å². The molecule has 0 amide bonds. The van der Waals surface area contributed by atoms with Gasteiger partial charge in [0.05, 0.1) is 18.6 Å². The van der Waals surface area contributed by atoms with Gasteiger partial charge in [0, 0.05) is 20.0 Å². The Morgan fingerprint density at radius 1 is 1.17 bits per heavy atom. The summed E-state index contributed by atoms with van der Waals surface area (Å²) in [4.78, 5) is 11.6. The Hall–Kier alpha value is -1.60. The van der Waals surface area contributed by atoms with E-state index in [2.05, 4.69) is 0 Å². The zero-order chi connectivity index (χ0) is 18.3. The molecule has 136 valence electrons. The minimum Gasteiger partial charge on any atom is -0.497 e. The van der Waals surface area contributed by atoms with Gasteiger partial charge >= 0.3 is 5.97 Å². The third-order valence-electron chi connectivity index (χ3n) is 3.75. The van der Waals surface area contributed by atoms with E-state index < -0.39 is 10.0 Å². The molecule has 1 rings (SSSR count). The second kappa shape index (κ2) is 9.03. The normalized spacial score (nSPS) is 11.6. The van der Waals surface area contributed by atoms with Crippen molar-refractivity contribution < 1.29 is 22.7 Å². The van der Waals surface area contributed by atoms with E-state index in [0.29, 0.717) is 54.2 Å². The Bertz CT molecular complexity index is 647. The number of sulfonamides is 1. The number of rotatable bonds is 9. The van der Waals surface area contributed by atoms with Crippen molar-refractivity contribution in [3.8, 4) is 5.75 Å². The lowest BCUT2D eigenvalue weighted by molar-refractivity contribution is -0.143. The molecule has 0 unspecified atom stereocenters. The number of esters is 1. The number of aryl methyl sites for hydroxylation is 2. The van der Waals surface area contributed by atoms with Gasteiger partial charge in [-0.3, -0.25) is 4.79 Å². The van der Waals surface area contributed by atoms with E-state index >= 15 is 0 Å². The van der Waals surface area contributed by atoms with Crippen LogP contribution >= 0.6 is 0 Å². The summed E-state index contributed by atoms with van der Waals surface area (Å²) in [6.07, 6.45) is 1.50. The number of carbonyl (C=O) groups is 1. The number of hydrogen-bond acceptors (Lipinski definition) is 5. The van der Waals surface area contributed by atoms with Crippen LogP contribution < -0.4 is 4.74 Å². The number of unbranched alkanes of at least 4 members (excludes halogenated alkanes) is 1. The molecule has 1 aromatic rings. The average Bonchev–Trinajstić information content (AvgIpc) is 2.50. The SMILES string of the molecule is CCOC(=O)CCCCN(C)S(=O)(=O)c1c(C)cc(OC)cc1C. The first kappa shape index (κ1) is 20.4. The molecular weight excluding hydrogens is 330 g/mol. The first-order valence-corrected chi connectivity index (χ1v) is 9.45. The van der Waals surface area contributed by atoms with Gasteiger partial charge < -0.3 is 9.47 Å². The summed E-state index contributed by atoms with van der Waals surface area (Å²) in [7, 11) is -0.463. The Balaban J connectivity index is 2.76. The Morgan fingerprint density at radius 3 is 2.25 bits per heavy atom. The third-order valence-corrected chi connectivity index (χ3v) is 5.91. The fraction of sp³-hybridized carbons (Fsp3) is 0.588. The zero-order valence-corrected chi connectivity index (χ0v) is 15.9. The molecule has 0 aliphatic heterocycles. The first-order valence-electron chi connectivity index (χ1n) is 8.01. The van der Waals surface area contributed by atoms with Gasteiger partial charge in [-0.15, -0.1) is 0 Å². The quantitative estimate of drug-likeness (QED) is 0.502. The van der Waals surface area contributed by atoms with Crippen molar-refractivity contribution in [3.63, 3.8) is 0 Å². The highest BCUT2D eigenvalue weighted by atomic mass is 32.2. The lowest BCUT2D eigenvalue weighted by atomic mass is 10.1. The lowest BCUT2D eigenvalue weighted by Gasteiger charge is -2.20. The number of carbonyl (C=O) groups excluding carboxylic acids is 1. The summed E-state index contributed by atoms with van der Waals surface area (Å²) in [5.41, 5.74) is 1.32. The molecule has 6 nitrogen and oxygen atoms in total. The molecule has 0 N–H and O–H groups in total. The van der Waals surface area contributed by atoms with Crippen molar-refractivity contribution >= 4 is 16.0 Å². The molecule has 0 aliphatic carbocycles. The van der Waals surface area contributed by atoms with E-state index in [-0.39, 0.29) is 5.97 Å². The summed E-state index contributed by atoms with van der Waals surface area (Å²) in [5, 5.41) is 0. The monoisotopic (exact) mass is 357 g/mol. The summed E-state index contributed by atoms with van der Waals surface area (Å²) in [6.45, 7) is 6.00. The van der Waals surface area contributed by atoms with Gasteiger partial charge in [0.1, 0.15) is 5.75 Å². The molecule has 0 fully saturated rings.